The molecule has 1 atom stereocenters. The van der Waals surface area contributed by atoms with Gasteiger partial charge < -0.3 is 14.8 Å². The Hall–Kier alpha value is -3.15. The van der Waals surface area contributed by atoms with Gasteiger partial charge in [0.25, 0.3) is 0 Å². The average Bonchev–Trinajstić information content (AvgIpc) is 2.72. The Morgan fingerprint density at radius 3 is 2.13 bits per heavy atom. The van der Waals surface area contributed by atoms with Crippen LogP contribution in [0.5, 0.6) is 0 Å². The fourth-order valence-electron chi connectivity index (χ4n) is 2.99. The van der Waals surface area contributed by atoms with Gasteiger partial charge in [0.15, 0.2) is 5.78 Å². The minimum Gasteiger partial charge on any atom is -0.459 e. The van der Waals surface area contributed by atoms with Crippen LogP contribution in [0.15, 0.2) is 60.7 Å². The summed E-state index contributed by atoms with van der Waals surface area (Å²) in [6.45, 7) is 5.93. The number of alkyl carbamates (subject to hydrolysis) is 1. The fourth-order valence-corrected chi connectivity index (χ4v) is 2.99. The topological polar surface area (TPSA) is 81.7 Å². The first-order valence-corrected chi connectivity index (χ1v) is 10.5. The lowest BCUT2D eigenvalue weighted by Gasteiger charge is -2.23. The van der Waals surface area contributed by atoms with Crippen molar-refractivity contribution >= 4 is 17.8 Å². The first kappa shape index (κ1) is 24.1. The molecule has 0 heterocycles. The van der Waals surface area contributed by atoms with Crippen LogP contribution < -0.4 is 5.32 Å². The molecule has 1 N–H and O–H groups in total. The second-order valence-corrected chi connectivity index (χ2v) is 8.29. The normalized spacial score (nSPS) is 12.0. The molecule has 2 aromatic rings. The fraction of sp³-hybridized carbons (Fsp3) is 0.400. The highest BCUT2D eigenvalue weighted by Crippen LogP contribution is 2.23. The predicted octanol–water partition coefficient (Wildman–Crippen LogP) is 4.78. The van der Waals surface area contributed by atoms with Gasteiger partial charge in [-0.15, -0.1) is 0 Å². The van der Waals surface area contributed by atoms with Gasteiger partial charge >= 0.3 is 12.1 Å². The van der Waals surface area contributed by atoms with Crippen molar-refractivity contribution in [3.63, 3.8) is 0 Å². The van der Waals surface area contributed by atoms with Crippen LogP contribution >= 0.6 is 0 Å². The van der Waals surface area contributed by atoms with Crippen LogP contribution in [-0.2, 0) is 25.7 Å². The first-order valence-electron chi connectivity index (χ1n) is 10.5. The lowest BCUT2D eigenvalue weighted by atomic mass is 9.91. The van der Waals surface area contributed by atoms with Crippen molar-refractivity contribution in [2.24, 2.45) is 0 Å². The van der Waals surface area contributed by atoms with Crippen molar-refractivity contribution in [3.05, 3.63) is 71.8 Å². The lowest BCUT2D eigenvalue weighted by Crippen LogP contribution is -2.31. The van der Waals surface area contributed by atoms with Gasteiger partial charge in [0, 0.05) is 13.0 Å². The van der Waals surface area contributed by atoms with Crippen LogP contribution in [0.2, 0.25) is 0 Å². The smallest absolute Gasteiger partial charge is 0.407 e. The number of carbonyl (C=O) groups is 3. The van der Waals surface area contributed by atoms with Crippen LogP contribution in [0.1, 0.15) is 57.1 Å². The van der Waals surface area contributed by atoms with Crippen molar-refractivity contribution < 1.29 is 23.9 Å². The van der Waals surface area contributed by atoms with Crippen LogP contribution in [-0.4, -0.2) is 30.0 Å². The molecule has 0 aliphatic heterocycles. The number of nitrogens with one attached hydrogen (secondary N) is 1. The number of hydrogen-bond donors (Lipinski definition) is 1. The Morgan fingerprint density at radius 1 is 0.903 bits per heavy atom. The zero-order valence-corrected chi connectivity index (χ0v) is 18.4. The van der Waals surface area contributed by atoms with E-state index in [1.54, 1.807) is 45.0 Å². The highest BCUT2D eigenvalue weighted by Gasteiger charge is 2.32. The van der Waals surface area contributed by atoms with E-state index in [0.717, 1.165) is 5.56 Å². The average molecular weight is 426 g/mol. The molecule has 1 amide bonds. The van der Waals surface area contributed by atoms with E-state index >= 15 is 0 Å². The van der Waals surface area contributed by atoms with E-state index in [0.29, 0.717) is 24.9 Å². The molecule has 31 heavy (non-hydrogen) atoms. The quantitative estimate of drug-likeness (QED) is 0.337. The molecule has 0 bridgehead atoms. The van der Waals surface area contributed by atoms with Gasteiger partial charge in [0.1, 0.15) is 18.1 Å². The zero-order chi connectivity index (χ0) is 22.7. The minimum atomic E-state index is -0.941. The zero-order valence-electron chi connectivity index (χ0n) is 18.4. The number of rotatable bonds is 10. The molecular weight excluding hydrogens is 394 g/mol. The number of amides is 1. The van der Waals surface area contributed by atoms with E-state index in [9.17, 15) is 14.4 Å². The predicted molar refractivity (Wildman–Crippen MR) is 119 cm³/mol. The molecule has 0 saturated heterocycles. The van der Waals surface area contributed by atoms with E-state index < -0.39 is 23.6 Å². The molecule has 2 aromatic carbocycles. The maximum Gasteiger partial charge on any atom is 0.407 e. The number of esters is 1. The molecule has 0 aromatic heterocycles. The highest BCUT2D eigenvalue weighted by molar-refractivity contribution is 6.04. The van der Waals surface area contributed by atoms with Crippen molar-refractivity contribution in [1.82, 2.24) is 5.32 Å². The first-order chi connectivity index (χ1) is 14.8. The monoisotopic (exact) mass is 425 g/mol. The van der Waals surface area contributed by atoms with Crippen molar-refractivity contribution in [3.8, 4) is 0 Å². The van der Waals surface area contributed by atoms with Crippen molar-refractivity contribution in [1.29, 1.82) is 0 Å². The third kappa shape index (κ3) is 9.03. The Balaban J connectivity index is 1.77. The number of carbonyl (C=O) groups excluding carboxylic acids is 3. The summed E-state index contributed by atoms with van der Waals surface area (Å²) in [5.41, 5.74) is 0.871. The third-order valence-electron chi connectivity index (χ3n) is 4.43. The number of benzene rings is 2. The van der Waals surface area contributed by atoms with Crippen LogP contribution in [0.3, 0.4) is 0 Å². The van der Waals surface area contributed by atoms with Gasteiger partial charge in [-0.05, 0) is 44.7 Å². The van der Waals surface area contributed by atoms with Gasteiger partial charge in [-0.25, -0.2) is 4.79 Å². The number of hydrogen-bond acceptors (Lipinski definition) is 5. The van der Waals surface area contributed by atoms with Gasteiger partial charge in [0.2, 0.25) is 0 Å². The Bertz CT molecular complexity index is 843. The molecule has 0 fully saturated rings. The summed E-state index contributed by atoms with van der Waals surface area (Å²) in [6.07, 6.45) is 0.872. The Kier molecular flexibility index (Phi) is 9.25. The molecule has 0 aliphatic carbocycles. The van der Waals surface area contributed by atoms with E-state index in [1.807, 2.05) is 36.4 Å². The molecule has 0 radical (unpaired) electrons. The molecule has 0 spiro atoms. The number of ether oxygens (including phenoxy) is 2. The number of ketones is 1. The molecule has 0 aliphatic rings. The van der Waals surface area contributed by atoms with Gasteiger partial charge in [-0.1, -0.05) is 60.7 Å². The van der Waals surface area contributed by atoms with Crippen LogP contribution in [0.4, 0.5) is 4.79 Å². The second-order valence-electron chi connectivity index (χ2n) is 8.29. The largest absolute Gasteiger partial charge is 0.459 e. The summed E-state index contributed by atoms with van der Waals surface area (Å²) in [4.78, 5) is 37.2. The Morgan fingerprint density at radius 2 is 1.52 bits per heavy atom. The minimum absolute atomic E-state index is 0.188. The maximum absolute atomic E-state index is 12.8. The molecule has 2 rings (SSSR count). The van der Waals surface area contributed by atoms with Crippen LogP contribution in [0.25, 0.3) is 0 Å². The standard InChI is InChI=1S/C25H31NO5/c1-25(2,3)31-23(28)22(20-14-8-5-9-15-20)21(27)16-10-11-17-26-24(29)30-18-19-12-6-4-7-13-19/h4-9,12-15,22H,10-11,16-18H2,1-3H3,(H,26,29). The summed E-state index contributed by atoms with van der Waals surface area (Å²) in [6, 6.07) is 18.4. The lowest BCUT2D eigenvalue weighted by molar-refractivity contribution is -0.158. The molecule has 0 saturated carbocycles. The molecule has 6 nitrogen and oxygen atoms in total. The third-order valence-corrected chi connectivity index (χ3v) is 4.43. The van der Waals surface area contributed by atoms with E-state index in [2.05, 4.69) is 5.32 Å². The second kappa shape index (κ2) is 11.9. The maximum atomic E-state index is 12.8. The van der Waals surface area contributed by atoms with Crippen LogP contribution in [0, 0.1) is 0 Å². The van der Waals surface area contributed by atoms with E-state index in [-0.39, 0.29) is 18.8 Å². The molecular formula is C25H31NO5. The molecule has 166 valence electrons. The Labute approximate surface area is 183 Å². The van der Waals surface area contributed by atoms with Gasteiger partial charge in [0.05, 0.1) is 0 Å². The summed E-state index contributed by atoms with van der Waals surface area (Å²) in [7, 11) is 0. The molecule has 1 unspecified atom stereocenters. The molecule has 6 heteroatoms. The van der Waals surface area contributed by atoms with Crippen molar-refractivity contribution in [2.75, 3.05) is 6.54 Å². The van der Waals surface area contributed by atoms with Gasteiger partial charge in [-0.3, -0.25) is 9.59 Å². The number of Topliss-reactive ketones (excluding diaryl/α,β-unsaturated/α-hetero) is 1. The highest BCUT2D eigenvalue weighted by atomic mass is 16.6. The summed E-state index contributed by atoms with van der Waals surface area (Å²) >= 11 is 0. The van der Waals surface area contributed by atoms with Crippen molar-refractivity contribution in [2.45, 2.75) is 58.2 Å². The summed E-state index contributed by atoms with van der Waals surface area (Å²) in [5.74, 6) is -1.66. The summed E-state index contributed by atoms with van der Waals surface area (Å²) in [5, 5.41) is 2.68. The van der Waals surface area contributed by atoms with E-state index in [4.69, 9.17) is 9.47 Å². The summed E-state index contributed by atoms with van der Waals surface area (Å²) < 4.78 is 10.6. The van der Waals surface area contributed by atoms with E-state index in [1.165, 1.54) is 0 Å². The SMILES string of the molecule is CC(C)(C)OC(=O)C(C(=O)CCCCNC(=O)OCc1ccccc1)c1ccccc1. The van der Waals surface area contributed by atoms with Gasteiger partial charge in [-0.2, -0.15) is 0 Å². The number of unbranched alkanes of at least 4 members (excludes halogenated alkanes) is 1.